The summed E-state index contributed by atoms with van der Waals surface area (Å²) >= 11 is 0. The van der Waals surface area contributed by atoms with Crippen molar-refractivity contribution in [2.24, 2.45) is 5.41 Å². The molecule has 210 valence electrons. The standard InChI is InChI=1S/C30H29F4N3O3/c1-28(2,26-17-39-27(40-26)15-20-7-4-3-5-8-20)18-29(38,30(32,33)34)19-35-24-9-6-10-25-23(24)16-36-37(25)22-13-11-21(31)12-14-22/h3-14,16-17,27,35,38H,15,18-19H2,1-2H3. The Morgan fingerprint density at radius 2 is 1.70 bits per heavy atom. The molecule has 0 aliphatic carbocycles. The van der Waals surface area contributed by atoms with E-state index in [9.17, 15) is 22.7 Å². The minimum atomic E-state index is -4.94. The Hall–Kier alpha value is -4.05. The summed E-state index contributed by atoms with van der Waals surface area (Å²) in [6.07, 6.45) is -3.00. The molecular weight excluding hydrogens is 526 g/mol. The van der Waals surface area contributed by atoms with E-state index in [0.29, 0.717) is 28.7 Å². The molecule has 1 aromatic heterocycles. The Bertz CT molecular complexity index is 1500. The first-order valence-electron chi connectivity index (χ1n) is 12.8. The number of alkyl halides is 3. The van der Waals surface area contributed by atoms with Crippen molar-refractivity contribution in [2.45, 2.75) is 44.8 Å². The SMILES string of the molecule is CC(C)(CC(O)(CNc1cccc2c1cnn2-c1ccc(F)cc1)C(F)(F)F)C1=COC(Cc2ccccc2)O1. The highest BCUT2D eigenvalue weighted by Gasteiger charge is 2.57. The number of aliphatic hydroxyl groups is 1. The maximum absolute atomic E-state index is 14.3. The highest BCUT2D eigenvalue weighted by molar-refractivity contribution is 5.92. The van der Waals surface area contributed by atoms with Crippen LogP contribution in [0.1, 0.15) is 25.8 Å². The summed E-state index contributed by atoms with van der Waals surface area (Å²) in [6.45, 7) is 2.36. The van der Waals surface area contributed by atoms with Crippen molar-refractivity contribution in [2.75, 3.05) is 11.9 Å². The number of ether oxygens (including phenoxy) is 2. The quantitative estimate of drug-likeness (QED) is 0.224. The summed E-state index contributed by atoms with van der Waals surface area (Å²) in [5.74, 6) is -0.159. The van der Waals surface area contributed by atoms with Gasteiger partial charge in [0.05, 0.1) is 23.9 Å². The second-order valence-corrected chi connectivity index (χ2v) is 10.6. The Morgan fingerprint density at radius 1 is 0.975 bits per heavy atom. The van der Waals surface area contributed by atoms with Crippen LogP contribution in [0, 0.1) is 11.2 Å². The molecule has 0 bridgehead atoms. The fraction of sp³-hybridized carbons (Fsp3) is 0.300. The number of nitrogens with one attached hydrogen (secondary N) is 1. The normalized spacial score (nSPS) is 17.2. The van der Waals surface area contributed by atoms with E-state index >= 15 is 0 Å². The molecule has 0 saturated heterocycles. The van der Waals surface area contributed by atoms with Gasteiger partial charge >= 0.3 is 6.18 Å². The summed E-state index contributed by atoms with van der Waals surface area (Å²) < 4.78 is 69.4. The molecule has 0 fully saturated rings. The zero-order valence-corrected chi connectivity index (χ0v) is 22.0. The average Bonchev–Trinajstić information content (AvgIpc) is 3.56. The zero-order valence-electron chi connectivity index (χ0n) is 22.0. The van der Waals surface area contributed by atoms with Crippen molar-refractivity contribution in [3.8, 4) is 5.69 Å². The lowest BCUT2D eigenvalue weighted by molar-refractivity contribution is -0.263. The maximum atomic E-state index is 14.3. The van der Waals surface area contributed by atoms with E-state index in [0.717, 1.165) is 5.56 Å². The van der Waals surface area contributed by atoms with Crippen molar-refractivity contribution in [1.82, 2.24) is 9.78 Å². The number of nitrogens with zero attached hydrogens (tertiary/aromatic N) is 2. The van der Waals surface area contributed by atoms with Crippen LogP contribution >= 0.6 is 0 Å². The fourth-order valence-electron chi connectivity index (χ4n) is 4.87. The number of halogens is 4. The number of allylic oxidation sites excluding steroid dienone is 1. The monoisotopic (exact) mass is 555 g/mol. The third-order valence-electron chi connectivity index (χ3n) is 7.02. The van der Waals surface area contributed by atoms with Gasteiger partial charge in [-0.1, -0.05) is 50.2 Å². The highest BCUT2D eigenvalue weighted by atomic mass is 19.4. The maximum Gasteiger partial charge on any atom is 0.418 e. The van der Waals surface area contributed by atoms with E-state index in [1.165, 1.54) is 24.6 Å². The zero-order chi connectivity index (χ0) is 28.5. The molecule has 1 aliphatic heterocycles. The van der Waals surface area contributed by atoms with Gasteiger partial charge in [0.1, 0.15) is 17.8 Å². The Balaban J connectivity index is 1.32. The molecule has 10 heteroatoms. The van der Waals surface area contributed by atoms with Crippen LogP contribution in [0.15, 0.2) is 91.0 Å². The summed E-state index contributed by atoms with van der Waals surface area (Å²) in [5, 5.41) is 18.7. The number of anilines is 1. The van der Waals surface area contributed by atoms with Crippen molar-refractivity contribution in [3.63, 3.8) is 0 Å². The lowest BCUT2D eigenvalue weighted by Crippen LogP contribution is -2.53. The molecule has 2 heterocycles. The number of benzene rings is 3. The first-order valence-corrected chi connectivity index (χ1v) is 12.8. The topological polar surface area (TPSA) is 68.5 Å². The second kappa shape index (κ2) is 10.5. The van der Waals surface area contributed by atoms with Crippen LogP contribution in [0.25, 0.3) is 16.6 Å². The van der Waals surface area contributed by atoms with Crippen LogP contribution in [0.4, 0.5) is 23.2 Å². The molecule has 2 unspecified atom stereocenters. The number of fused-ring (bicyclic) bond motifs is 1. The fourth-order valence-corrected chi connectivity index (χ4v) is 4.87. The van der Waals surface area contributed by atoms with E-state index in [-0.39, 0.29) is 5.76 Å². The van der Waals surface area contributed by atoms with Crippen LogP contribution in [0.3, 0.4) is 0 Å². The third-order valence-corrected chi connectivity index (χ3v) is 7.02. The van der Waals surface area contributed by atoms with Gasteiger partial charge in [-0.2, -0.15) is 18.3 Å². The van der Waals surface area contributed by atoms with Gasteiger partial charge in [-0.05, 0) is 48.4 Å². The number of rotatable bonds is 9. The molecule has 0 spiro atoms. The molecule has 2 atom stereocenters. The lowest BCUT2D eigenvalue weighted by atomic mass is 9.78. The van der Waals surface area contributed by atoms with Crippen LogP contribution in [-0.4, -0.2) is 39.5 Å². The van der Waals surface area contributed by atoms with Gasteiger partial charge in [0.2, 0.25) is 6.29 Å². The van der Waals surface area contributed by atoms with Crippen molar-refractivity contribution < 1.29 is 32.1 Å². The van der Waals surface area contributed by atoms with Crippen molar-refractivity contribution >= 4 is 16.6 Å². The van der Waals surface area contributed by atoms with E-state index in [1.54, 1.807) is 48.9 Å². The summed E-state index contributed by atoms with van der Waals surface area (Å²) in [5.41, 5.74) is -1.75. The highest BCUT2D eigenvalue weighted by Crippen LogP contribution is 2.45. The van der Waals surface area contributed by atoms with Gasteiger partial charge in [-0.25, -0.2) is 9.07 Å². The number of aromatic nitrogens is 2. The predicted molar refractivity (Wildman–Crippen MR) is 143 cm³/mol. The van der Waals surface area contributed by atoms with Crippen molar-refractivity contribution in [3.05, 3.63) is 102 Å². The molecular formula is C30H29F4N3O3. The summed E-state index contributed by atoms with van der Waals surface area (Å²) in [7, 11) is 0. The first-order chi connectivity index (χ1) is 19.0. The Labute approximate surface area is 228 Å². The number of hydrogen-bond donors (Lipinski definition) is 2. The van der Waals surface area contributed by atoms with E-state index < -0.39 is 42.3 Å². The lowest BCUT2D eigenvalue weighted by Gasteiger charge is -2.37. The van der Waals surface area contributed by atoms with Crippen LogP contribution in [0.5, 0.6) is 0 Å². The van der Waals surface area contributed by atoms with E-state index in [4.69, 9.17) is 9.47 Å². The second-order valence-electron chi connectivity index (χ2n) is 10.6. The molecule has 0 saturated carbocycles. The van der Waals surface area contributed by atoms with Crippen LogP contribution < -0.4 is 5.32 Å². The molecule has 3 aromatic carbocycles. The molecule has 40 heavy (non-hydrogen) atoms. The van der Waals surface area contributed by atoms with E-state index in [1.807, 2.05) is 30.3 Å². The van der Waals surface area contributed by atoms with Crippen LogP contribution in [0.2, 0.25) is 0 Å². The molecule has 6 nitrogen and oxygen atoms in total. The van der Waals surface area contributed by atoms with Gasteiger partial charge in [0.25, 0.3) is 0 Å². The van der Waals surface area contributed by atoms with Crippen molar-refractivity contribution in [1.29, 1.82) is 0 Å². The largest absolute Gasteiger partial charge is 0.459 e. The Morgan fingerprint density at radius 3 is 2.40 bits per heavy atom. The average molecular weight is 556 g/mol. The molecule has 0 radical (unpaired) electrons. The smallest absolute Gasteiger partial charge is 0.418 e. The molecule has 1 aliphatic rings. The van der Waals surface area contributed by atoms with Gasteiger partial charge in [0, 0.05) is 22.9 Å². The minimum Gasteiger partial charge on any atom is -0.459 e. The molecule has 2 N–H and O–H groups in total. The number of hydrogen-bond acceptors (Lipinski definition) is 5. The van der Waals surface area contributed by atoms with Crippen LogP contribution in [-0.2, 0) is 15.9 Å². The Kier molecular flexibility index (Phi) is 7.22. The van der Waals surface area contributed by atoms with Gasteiger partial charge in [0.15, 0.2) is 5.60 Å². The van der Waals surface area contributed by atoms with Gasteiger partial charge < -0.3 is 19.9 Å². The first kappa shape index (κ1) is 27.5. The summed E-state index contributed by atoms with van der Waals surface area (Å²) in [4.78, 5) is 0. The molecule has 0 amide bonds. The third kappa shape index (κ3) is 5.62. The van der Waals surface area contributed by atoms with E-state index in [2.05, 4.69) is 10.4 Å². The van der Waals surface area contributed by atoms with Gasteiger partial charge in [-0.3, -0.25) is 0 Å². The molecule has 5 rings (SSSR count). The predicted octanol–water partition coefficient (Wildman–Crippen LogP) is 6.74. The summed E-state index contributed by atoms with van der Waals surface area (Å²) in [6, 6.07) is 20.2. The van der Waals surface area contributed by atoms with Gasteiger partial charge in [-0.15, -0.1) is 0 Å². The minimum absolute atomic E-state index is 0.235. The molecule has 4 aromatic rings.